The minimum Gasteiger partial charge on any atom is -0.496 e. The number of carbonyl (C=O) groups is 2. The number of urea groups is 1. The second kappa shape index (κ2) is 11.2. The summed E-state index contributed by atoms with van der Waals surface area (Å²) >= 11 is 6.40. The number of benzene rings is 2. The van der Waals surface area contributed by atoms with Crippen LogP contribution in [0.25, 0.3) is 10.9 Å². The van der Waals surface area contributed by atoms with E-state index in [0.717, 1.165) is 32.5 Å². The van der Waals surface area contributed by atoms with E-state index in [-0.39, 0.29) is 18.0 Å². The number of nitrogens with one attached hydrogen (secondary N) is 3. The van der Waals surface area contributed by atoms with Gasteiger partial charge in [-0.3, -0.25) is 9.78 Å². The predicted octanol–water partition coefficient (Wildman–Crippen LogP) is 4.80. The van der Waals surface area contributed by atoms with Crippen molar-refractivity contribution in [2.45, 2.75) is 31.7 Å². The van der Waals surface area contributed by atoms with Crippen molar-refractivity contribution in [2.75, 3.05) is 38.6 Å². The first kappa shape index (κ1) is 25.1. The third kappa shape index (κ3) is 6.23. The van der Waals surface area contributed by atoms with E-state index in [2.05, 4.69) is 25.8 Å². The molecule has 1 aromatic heterocycles. The molecule has 2 aromatic carbocycles. The van der Waals surface area contributed by atoms with Gasteiger partial charge in [-0.15, -0.1) is 0 Å². The van der Waals surface area contributed by atoms with Gasteiger partial charge in [-0.1, -0.05) is 11.6 Å². The Bertz CT molecular complexity index is 1310. The number of likely N-dealkylation sites (tertiary alicyclic amines) is 1. The van der Waals surface area contributed by atoms with Crippen LogP contribution in [0.5, 0.6) is 17.2 Å². The summed E-state index contributed by atoms with van der Waals surface area (Å²) in [7, 11) is 1.53. The fourth-order valence-corrected chi connectivity index (χ4v) is 4.59. The Hall–Kier alpha value is -3.56. The van der Waals surface area contributed by atoms with Crippen LogP contribution in [0.3, 0.4) is 0 Å². The van der Waals surface area contributed by atoms with Crippen LogP contribution < -0.4 is 25.4 Å². The van der Waals surface area contributed by atoms with Crippen molar-refractivity contribution >= 4 is 40.1 Å². The standard InChI is InChI=1S/C27H30ClN5O4/c1-36-25-16-23-19(15-20(25)26(34)30-10-13-33-11-2-3-12-33)24(8-9-29-23)37-18-6-7-22(21(28)14-18)32-27(35)31-17-4-5-17/h6-9,14-17H,2-5,10-13H2,1H3,(H,30,34)(H2,31,32,35). The van der Waals surface area contributed by atoms with E-state index >= 15 is 0 Å². The van der Waals surface area contributed by atoms with E-state index in [9.17, 15) is 9.59 Å². The van der Waals surface area contributed by atoms with Crippen LogP contribution in [0.4, 0.5) is 10.5 Å². The Morgan fingerprint density at radius 1 is 1.11 bits per heavy atom. The highest BCUT2D eigenvalue weighted by molar-refractivity contribution is 6.33. The summed E-state index contributed by atoms with van der Waals surface area (Å²) in [5, 5.41) is 9.63. The molecule has 194 valence electrons. The first-order valence-electron chi connectivity index (χ1n) is 12.5. The average Bonchev–Trinajstić information content (AvgIpc) is 3.55. The van der Waals surface area contributed by atoms with Crippen LogP contribution >= 0.6 is 11.6 Å². The van der Waals surface area contributed by atoms with Crippen LogP contribution in [0.1, 0.15) is 36.0 Å². The van der Waals surface area contributed by atoms with Gasteiger partial charge in [0, 0.05) is 42.8 Å². The van der Waals surface area contributed by atoms with Gasteiger partial charge in [0.15, 0.2) is 0 Å². The number of ether oxygens (including phenoxy) is 2. The highest BCUT2D eigenvalue weighted by Crippen LogP contribution is 2.35. The third-order valence-electron chi connectivity index (χ3n) is 6.51. The van der Waals surface area contributed by atoms with E-state index in [1.165, 1.54) is 20.0 Å². The predicted molar refractivity (Wildman–Crippen MR) is 143 cm³/mol. The van der Waals surface area contributed by atoms with Gasteiger partial charge in [0.2, 0.25) is 0 Å². The maximum absolute atomic E-state index is 13.0. The van der Waals surface area contributed by atoms with Crippen molar-refractivity contribution in [3.8, 4) is 17.2 Å². The topological polar surface area (TPSA) is 105 Å². The lowest BCUT2D eigenvalue weighted by Crippen LogP contribution is -2.33. The van der Waals surface area contributed by atoms with Crippen molar-refractivity contribution in [1.29, 1.82) is 0 Å². The molecule has 0 bridgehead atoms. The van der Waals surface area contributed by atoms with Crippen molar-refractivity contribution in [1.82, 2.24) is 20.5 Å². The third-order valence-corrected chi connectivity index (χ3v) is 6.82. The first-order valence-corrected chi connectivity index (χ1v) is 12.9. The summed E-state index contributed by atoms with van der Waals surface area (Å²) in [6, 6.07) is 10.2. The van der Waals surface area contributed by atoms with Crippen molar-refractivity contribution < 1.29 is 19.1 Å². The highest BCUT2D eigenvalue weighted by atomic mass is 35.5. The van der Waals surface area contributed by atoms with Crippen LogP contribution in [0.15, 0.2) is 42.6 Å². The molecule has 2 aliphatic rings. The maximum atomic E-state index is 13.0. The first-order chi connectivity index (χ1) is 18.0. The lowest BCUT2D eigenvalue weighted by molar-refractivity contribution is 0.0947. The van der Waals surface area contributed by atoms with Gasteiger partial charge in [-0.25, -0.2) is 4.79 Å². The van der Waals surface area contributed by atoms with Gasteiger partial charge >= 0.3 is 6.03 Å². The summed E-state index contributed by atoms with van der Waals surface area (Å²) < 4.78 is 11.6. The Morgan fingerprint density at radius 3 is 2.65 bits per heavy atom. The Labute approximate surface area is 220 Å². The van der Waals surface area contributed by atoms with Gasteiger partial charge in [-0.05, 0) is 63.0 Å². The zero-order valence-electron chi connectivity index (χ0n) is 20.7. The summed E-state index contributed by atoms with van der Waals surface area (Å²) in [5.41, 5.74) is 1.53. The van der Waals surface area contributed by atoms with Gasteiger partial charge in [-0.2, -0.15) is 0 Å². The van der Waals surface area contributed by atoms with E-state index in [1.807, 2.05) is 0 Å². The molecule has 10 heteroatoms. The number of hydrogen-bond donors (Lipinski definition) is 3. The summed E-state index contributed by atoms with van der Waals surface area (Å²) in [4.78, 5) is 31.8. The largest absolute Gasteiger partial charge is 0.496 e. The van der Waals surface area contributed by atoms with Gasteiger partial charge < -0.3 is 30.3 Å². The minimum atomic E-state index is -0.279. The quantitative estimate of drug-likeness (QED) is 0.372. The molecule has 0 unspecified atom stereocenters. The second-order valence-electron chi connectivity index (χ2n) is 9.30. The molecule has 1 aliphatic carbocycles. The van der Waals surface area contributed by atoms with E-state index in [4.69, 9.17) is 21.1 Å². The molecule has 3 aromatic rings. The number of carbonyl (C=O) groups excluding carboxylic acids is 2. The Balaban J connectivity index is 1.33. The van der Waals surface area contributed by atoms with E-state index in [0.29, 0.717) is 51.0 Å². The summed E-state index contributed by atoms with van der Waals surface area (Å²) in [5.74, 6) is 1.23. The fraction of sp³-hybridized carbons (Fsp3) is 0.370. The number of hydrogen-bond acceptors (Lipinski definition) is 6. The zero-order chi connectivity index (χ0) is 25.8. The normalized spacial score (nSPS) is 15.4. The SMILES string of the molecule is COc1cc2nccc(Oc3ccc(NC(=O)NC4CC4)c(Cl)c3)c2cc1C(=O)NCCN1CCCC1. The van der Waals surface area contributed by atoms with Crippen LogP contribution in [0, 0.1) is 0 Å². The molecule has 1 saturated carbocycles. The number of aromatic nitrogens is 1. The van der Waals surface area contributed by atoms with Crippen LogP contribution in [0.2, 0.25) is 5.02 Å². The average molecular weight is 524 g/mol. The lowest BCUT2D eigenvalue weighted by atomic mass is 10.1. The second-order valence-corrected chi connectivity index (χ2v) is 9.71. The molecule has 3 N–H and O–H groups in total. The molecule has 2 heterocycles. The number of pyridine rings is 1. The number of rotatable bonds is 9. The highest BCUT2D eigenvalue weighted by Gasteiger charge is 2.23. The number of amides is 3. The molecule has 0 atom stereocenters. The molecule has 1 aliphatic heterocycles. The molecule has 5 rings (SSSR count). The Morgan fingerprint density at radius 2 is 1.92 bits per heavy atom. The van der Waals surface area contributed by atoms with Gasteiger partial charge in [0.25, 0.3) is 5.91 Å². The van der Waals surface area contributed by atoms with Crippen molar-refractivity contribution in [2.24, 2.45) is 0 Å². The van der Waals surface area contributed by atoms with Gasteiger partial charge in [0.05, 0.1) is 28.9 Å². The van der Waals surface area contributed by atoms with Crippen LogP contribution in [-0.4, -0.2) is 61.2 Å². The Kier molecular flexibility index (Phi) is 7.62. The maximum Gasteiger partial charge on any atom is 0.319 e. The van der Waals surface area contributed by atoms with E-state index in [1.54, 1.807) is 42.6 Å². The van der Waals surface area contributed by atoms with Crippen molar-refractivity contribution in [3.05, 3.63) is 53.2 Å². The number of halogens is 1. The molecule has 9 nitrogen and oxygen atoms in total. The smallest absolute Gasteiger partial charge is 0.319 e. The molecule has 0 spiro atoms. The summed E-state index contributed by atoms with van der Waals surface area (Å²) in [6.07, 6.45) is 6.06. The molecule has 2 fully saturated rings. The zero-order valence-corrected chi connectivity index (χ0v) is 21.4. The molecule has 1 saturated heterocycles. The number of nitrogens with zero attached hydrogens (tertiary/aromatic N) is 2. The number of anilines is 1. The fourth-order valence-electron chi connectivity index (χ4n) is 4.37. The lowest BCUT2D eigenvalue weighted by Gasteiger charge is -2.16. The van der Waals surface area contributed by atoms with Crippen molar-refractivity contribution in [3.63, 3.8) is 0 Å². The molecule has 0 radical (unpaired) electrons. The molecule has 37 heavy (non-hydrogen) atoms. The minimum absolute atomic E-state index is 0.212. The molecular formula is C27H30ClN5O4. The number of fused-ring (bicyclic) bond motifs is 1. The molecular weight excluding hydrogens is 494 g/mol. The molecule has 3 amide bonds. The monoisotopic (exact) mass is 523 g/mol. The van der Waals surface area contributed by atoms with Crippen LogP contribution in [-0.2, 0) is 0 Å². The van der Waals surface area contributed by atoms with Gasteiger partial charge in [0.1, 0.15) is 17.2 Å². The van der Waals surface area contributed by atoms with E-state index < -0.39 is 0 Å². The summed E-state index contributed by atoms with van der Waals surface area (Å²) in [6.45, 7) is 3.55. The number of methoxy groups -OCH3 is 1.